The fourth-order valence-electron chi connectivity index (χ4n) is 1.78. The highest BCUT2D eigenvalue weighted by atomic mass is 19.4. The number of hydrogen-bond acceptors (Lipinski definition) is 3. The van der Waals surface area contributed by atoms with E-state index in [1.54, 1.807) is 0 Å². The van der Waals surface area contributed by atoms with Crippen molar-refractivity contribution in [2.75, 3.05) is 0 Å². The number of benzene rings is 1. The van der Waals surface area contributed by atoms with Crippen LogP contribution in [0.25, 0.3) is 0 Å². The Balaban J connectivity index is 2.16. The summed E-state index contributed by atoms with van der Waals surface area (Å²) < 4.78 is 38.2. The molecule has 4 nitrogen and oxygen atoms in total. The van der Waals surface area contributed by atoms with Gasteiger partial charge in [0, 0.05) is 24.7 Å². The van der Waals surface area contributed by atoms with Crippen molar-refractivity contribution < 1.29 is 18.1 Å². The van der Waals surface area contributed by atoms with E-state index in [2.05, 4.69) is 0 Å². The molecule has 7 heteroatoms. The first-order chi connectivity index (χ1) is 8.38. The normalized spacial score (nSPS) is 16.0. The van der Waals surface area contributed by atoms with Gasteiger partial charge in [0.1, 0.15) is 0 Å². The minimum absolute atomic E-state index is 0.189. The molecule has 1 saturated carbocycles. The van der Waals surface area contributed by atoms with Crippen molar-refractivity contribution in [3.8, 4) is 0 Å². The molecular formula is C11H11F3N2O2. The van der Waals surface area contributed by atoms with Gasteiger partial charge in [-0.3, -0.25) is 10.1 Å². The zero-order valence-electron chi connectivity index (χ0n) is 9.35. The average Bonchev–Trinajstić information content (AvgIpc) is 3.08. The monoisotopic (exact) mass is 260 g/mol. The maximum Gasteiger partial charge on any atom is 0.460 e. The van der Waals surface area contributed by atoms with E-state index in [0.29, 0.717) is 23.3 Å². The second-order valence-corrected chi connectivity index (χ2v) is 4.25. The summed E-state index contributed by atoms with van der Waals surface area (Å²) in [4.78, 5) is 10.4. The minimum Gasteiger partial charge on any atom is -0.258 e. The minimum atomic E-state index is -4.40. The summed E-state index contributed by atoms with van der Waals surface area (Å²) in [5, 5.41) is 10.6. The van der Waals surface area contributed by atoms with Gasteiger partial charge in [0.15, 0.2) is 0 Å². The third kappa shape index (κ3) is 2.98. The standard InChI is InChI=1S/C11H11F3N2O2/c12-11(13,14)15(9-4-5-9)7-8-2-1-3-10(6-8)16(17)18/h1-3,6,9H,4-5,7H2. The van der Waals surface area contributed by atoms with Crippen LogP contribution in [0.3, 0.4) is 0 Å². The van der Waals surface area contributed by atoms with Gasteiger partial charge in [-0.05, 0) is 18.4 Å². The van der Waals surface area contributed by atoms with Gasteiger partial charge >= 0.3 is 6.30 Å². The van der Waals surface area contributed by atoms with Crippen LogP contribution in [0.2, 0.25) is 0 Å². The SMILES string of the molecule is O=[N+]([O-])c1cccc(CN(C2CC2)C(F)(F)F)c1. The molecule has 0 aliphatic heterocycles. The summed E-state index contributed by atoms with van der Waals surface area (Å²) in [6, 6.07) is 4.83. The van der Waals surface area contributed by atoms with E-state index < -0.39 is 17.3 Å². The largest absolute Gasteiger partial charge is 0.460 e. The van der Waals surface area contributed by atoms with E-state index in [-0.39, 0.29) is 12.2 Å². The Morgan fingerprint density at radius 2 is 2.06 bits per heavy atom. The molecule has 98 valence electrons. The van der Waals surface area contributed by atoms with E-state index in [0.717, 1.165) is 0 Å². The van der Waals surface area contributed by atoms with Gasteiger partial charge in [-0.25, -0.2) is 4.90 Å². The molecule has 0 amide bonds. The van der Waals surface area contributed by atoms with Gasteiger partial charge in [-0.1, -0.05) is 12.1 Å². The van der Waals surface area contributed by atoms with Gasteiger partial charge in [-0.15, -0.1) is 0 Å². The third-order valence-corrected chi connectivity index (χ3v) is 2.79. The van der Waals surface area contributed by atoms with Crippen LogP contribution < -0.4 is 0 Å². The van der Waals surface area contributed by atoms with Crippen LogP contribution >= 0.6 is 0 Å². The van der Waals surface area contributed by atoms with Crippen molar-refractivity contribution in [1.82, 2.24) is 4.90 Å². The molecule has 1 aromatic rings. The Hall–Kier alpha value is -1.63. The predicted octanol–water partition coefficient (Wildman–Crippen LogP) is 3.08. The van der Waals surface area contributed by atoms with Gasteiger partial charge in [0.2, 0.25) is 0 Å². The smallest absolute Gasteiger partial charge is 0.258 e. The second-order valence-electron chi connectivity index (χ2n) is 4.25. The number of nitrogens with zero attached hydrogens (tertiary/aromatic N) is 2. The molecule has 0 N–H and O–H groups in total. The zero-order valence-corrected chi connectivity index (χ0v) is 9.35. The number of nitro groups is 1. The Kier molecular flexibility index (Phi) is 3.25. The molecule has 0 atom stereocenters. The van der Waals surface area contributed by atoms with E-state index in [1.807, 2.05) is 0 Å². The summed E-state index contributed by atoms with van der Waals surface area (Å²) in [5.74, 6) is 0. The third-order valence-electron chi connectivity index (χ3n) is 2.79. The number of nitro benzene ring substituents is 1. The maximum absolute atomic E-state index is 12.7. The highest BCUT2D eigenvalue weighted by Crippen LogP contribution is 2.37. The summed E-state index contributed by atoms with van der Waals surface area (Å²) in [5.41, 5.74) is 0.110. The highest BCUT2D eigenvalue weighted by molar-refractivity contribution is 5.34. The molecule has 0 unspecified atom stereocenters. The number of alkyl halides is 3. The molecule has 18 heavy (non-hydrogen) atoms. The van der Waals surface area contributed by atoms with Crippen molar-refractivity contribution in [3.63, 3.8) is 0 Å². The van der Waals surface area contributed by atoms with Gasteiger partial charge in [-0.2, -0.15) is 13.2 Å². The molecule has 1 fully saturated rings. The molecule has 0 saturated heterocycles. The Morgan fingerprint density at radius 1 is 1.39 bits per heavy atom. The van der Waals surface area contributed by atoms with Crippen molar-refractivity contribution in [2.45, 2.75) is 31.7 Å². The molecule has 1 aromatic carbocycles. The zero-order chi connectivity index (χ0) is 13.3. The molecule has 1 aliphatic carbocycles. The summed E-state index contributed by atoms with van der Waals surface area (Å²) in [7, 11) is 0. The fourth-order valence-corrected chi connectivity index (χ4v) is 1.78. The van der Waals surface area contributed by atoms with Crippen molar-refractivity contribution in [2.24, 2.45) is 0 Å². The van der Waals surface area contributed by atoms with Gasteiger partial charge in [0.25, 0.3) is 5.69 Å². The number of halogens is 3. The van der Waals surface area contributed by atoms with Crippen LogP contribution in [0.4, 0.5) is 18.9 Å². The first-order valence-corrected chi connectivity index (χ1v) is 5.45. The lowest BCUT2D eigenvalue weighted by Gasteiger charge is -2.24. The first kappa shape index (κ1) is 12.8. The fraction of sp³-hybridized carbons (Fsp3) is 0.455. The van der Waals surface area contributed by atoms with Crippen molar-refractivity contribution in [3.05, 3.63) is 39.9 Å². The lowest BCUT2D eigenvalue weighted by Crippen LogP contribution is -2.39. The lowest BCUT2D eigenvalue weighted by atomic mass is 10.2. The molecule has 0 heterocycles. The number of hydrogen-bond donors (Lipinski definition) is 0. The Bertz CT molecular complexity index is 458. The maximum atomic E-state index is 12.7. The number of non-ortho nitro benzene ring substituents is 1. The summed E-state index contributed by atoms with van der Waals surface area (Å²) in [6.07, 6.45) is -3.35. The van der Waals surface area contributed by atoms with Crippen LogP contribution in [0.5, 0.6) is 0 Å². The first-order valence-electron chi connectivity index (χ1n) is 5.45. The van der Waals surface area contributed by atoms with Gasteiger partial charge < -0.3 is 0 Å². The van der Waals surface area contributed by atoms with Crippen LogP contribution in [-0.4, -0.2) is 22.2 Å². The summed E-state index contributed by atoms with van der Waals surface area (Å²) in [6.45, 7) is -0.337. The van der Waals surface area contributed by atoms with Crippen molar-refractivity contribution in [1.29, 1.82) is 0 Å². The topological polar surface area (TPSA) is 46.4 Å². The lowest BCUT2D eigenvalue weighted by molar-refractivity contribution is -0.385. The molecule has 1 aliphatic rings. The van der Waals surface area contributed by atoms with E-state index in [4.69, 9.17) is 0 Å². The molecule has 0 bridgehead atoms. The second kappa shape index (κ2) is 4.56. The van der Waals surface area contributed by atoms with Crippen LogP contribution in [-0.2, 0) is 6.54 Å². The van der Waals surface area contributed by atoms with E-state index in [1.165, 1.54) is 24.3 Å². The van der Waals surface area contributed by atoms with Gasteiger partial charge in [0.05, 0.1) is 4.92 Å². The predicted molar refractivity (Wildman–Crippen MR) is 57.7 cm³/mol. The average molecular weight is 260 g/mol. The molecule has 0 spiro atoms. The Labute approximate surface area is 101 Å². The van der Waals surface area contributed by atoms with Crippen LogP contribution in [0, 0.1) is 10.1 Å². The van der Waals surface area contributed by atoms with Crippen molar-refractivity contribution >= 4 is 5.69 Å². The van der Waals surface area contributed by atoms with Crippen LogP contribution in [0.15, 0.2) is 24.3 Å². The molecular weight excluding hydrogens is 249 g/mol. The van der Waals surface area contributed by atoms with E-state index in [9.17, 15) is 23.3 Å². The molecule has 0 radical (unpaired) electrons. The van der Waals surface area contributed by atoms with E-state index >= 15 is 0 Å². The van der Waals surface area contributed by atoms with Crippen LogP contribution in [0.1, 0.15) is 18.4 Å². The quantitative estimate of drug-likeness (QED) is 0.475. The summed E-state index contributed by atoms with van der Waals surface area (Å²) >= 11 is 0. The molecule has 2 rings (SSSR count). The number of rotatable bonds is 4. The molecule has 0 aromatic heterocycles. The highest BCUT2D eigenvalue weighted by Gasteiger charge is 2.46. The Morgan fingerprint density at radius 3 is 2.56 bits per heavy atom.